The van der Waals surface area contributed by atoms with Crippen LogP contribution in [0.2, 0.25) is 0 Å². The monoisotopic (exact) mass is 226 g/mol. The van der Waals surface area contributed by atoms with E-state index in [1.165, 1.54) is 6.92 Å². The third-order valence-corrected chi connectivity index (χ3v) is 2.51. The maximum absolute atomic E-state index is 10.8. The first-order valence-corrected chi connectivity index (χ1v) is 5.49. The van der Waals surface area contributed by atoms with Gasteiger partial charge in [0.25, 0.3) is 0 Å². The van der Waals surface area contributed by atoms with Gasteiger partial charge < -0.3 is 14.3 Å². The van der Waals surface area contributed by atoms with Crippen LogP contribution in [-0.4, -0.2) is 30.6 Å². The van der Waals surface area contributed by atoms with Crippen molar-refractivity contribution in [3.63, 3.8) is 0 Å². The second kappa shape index (κ2) is 5.80. The second-order valence-electron chi connectivity index (χ2n) is 4.19. The summed E-state index contributed by atoms with van der Waals surface area (Å²) in [5, 5.41) is 0. The molecule has 90 valence electrons. The molecule has 16 heavy (non-hydrogen) atoms. The van der Waals surface area contributed by atoms with Gasteiger partial charge in [0, 0.05) is 12.8 Å². The lowest BCUT2D eigenvalue weighted by Crippen LogP contribution is -2.36. The number of ether oxygens (including phenoxy) is 2. The standard InChI is InChI=1S/C12H18O4/c1-8(7-13)6-11-4-5-12(9(2)15-11)16-10(3)14/h4-5,7-9,11-12H,6H2,1-3H3/t8-,9-,11+,12+/m0/s1. The van der Waals surface area contributed by atoms with Crippen molar-refractivity contribution in [2.75, 3.05) is 0 Å². The Balaban J connectivity index is 2.52. The van der Waals surface area contributed by atoms with E-state index < -0.39 is 0 Å². The highest BCUT2D eigenvalue weighted by molar-refractivity contribution is 5.66. The van der Waals surface area contributed by atoms with Gasteiger partial charge in [-0.3, -0.25) is 4.79 Å². The molecule has 1 aliphatic rings. The van der Waals surface area contributed by atoms with E-state index >= 15 is 0 Å². The molecule has 0 saturated carbocycles. The molecule has 4 heteroatoms. The Morgan fingerprint density at radius 1 is 1.56 bits per heavy atom. The molecule has 0 aromatic heterocycles. The smallest absolute Gasteiger partial charge is 0.303 e. The molecule has 1 aliphatic heterocycles. The first-order valence-electron chi connectivity index (χ1n) is 5.49. The van der Waals surface area contributed by atoms with Crippen molar-refractivity contribution in [3.8, 4) is 0 Å². The fourth-order valence-corrected chi connectivity index (χ4v) is 1.67. The van der Waals surface area contributed by atoms with Crippen molar-refractivity contribution in [1.29, 1.82) is 0 Å². The Morgan fingerprint density at radius 2 is 2.25 bits per heavy atom. The van der Waals surface area contributed by atoms with Crippen molar-refractivity contribution in [2.24, 2.45) is 5.92 Å². The average Bonchev–Trinajstić information content (AvgIpc) is 2.21. The molecule has 0 unspecified atom stereocenters. The third-order valence-electron chi connectivity index (χ3n) is 2.51. The summed E-state index contributed by atoms with van der Waals surface area (Å²) in [4.78, 5) is 21.3. The molecule has 1 rings (SSSR count). The van der Waals surface area contributed by atoms with E-state index in [4.69, 9.17) is 9.47 Å². The topological polar surface area (TPSA) is 52.6 Å². The molecule has 0 aromatic rings. The van der Waals surface area contributed by atoms with Gasteiger partial charge in [-0.25, -0.2) is 0 Å². The van der Waals surface area contributed by atoms with Gasteiger partial charge in [-0.15, -0.1) is 0 Å². The Kier molecular flexibility index (Phi) is 4.68. The highest BCUT2D eigenvalue weighted by Gasteiger charge is 2.26. The molecule has 0 fully saturated rings. The van der Waals surface area contributed by atoms with E-state index in [1.807, 2.05) is 26.0 Å². The minimum absolute atomic E-state index is 0.0212. The van der Waals surface area contributed by atoms with E-state index in [0.29, 0.717) is 6.42 Å². The summed E-state index contributed by atoms with van der Waals surface area (Å²) < 4.78 is 10.7. The SMILES string of the molecule is CC(=O)O[C@@H]1C=C[C@H](C[C@H](C)C=O)O[C@H]1C. The molecular formula is C12H18O4. The van der Waals surface area contributed by atoms with Crippen molar-refractivity contribution < 1.29 is 19.1 Å². The molecule has 0 N–H and O–H groups in total. The number of carbonyl (C=O) groups is 2. The summed E-state index contributed by atoms with van der Waals surface area (Å²) in [6.45, 7) is 5.09. The molecule has 4 nitrogen and oxygen atoms in total. The molecule has 4 atom stereocenters. The van der Waals surface area contributed by atoms with Gasteiger partial charge in [0.2, 0.25) is 0 Å². The summed E-state index contributed by atoms with van der Waals surface area (Å²) in [5.41, 5.74) is 0. The van der Waals surface area contributed by atoms with Crippen molar-refractivity contribution in [3.05, 3.63) is 12.2 Å². The van der Waals surface area contributed by atoms with Crippen LogP contribution in [0.3, 0.4) is 0 Å². The zero-order chi connectivity index (χ0) is 12.1. The molecule has 0 amide bonds. The van der Waals surface area contributed by atoms with Crippen LogP contribution in [0.5, 0.6) is 0 Å². The lowest BCUT2D eigenvalue weighted by Gasteiger charge is -2.30. The predicted octanol–water partition coefficient (Wildman–Crippen LogP) is 1.49. The molecule has 0 spiro atoms. The zero-order valence-corrected chi connectivity index (χ0v) is 9.88. The van der Waals surface area contributed by atoms with E-state index in [2.05, 4.69) is 0 Å². The first-order chi connectivity index (χ1) is 7.52. The van der Waals surface area contributed by atoms with Crippen LogP contribution in [0.15, 0.2) is 12.2 Å². The zero-order valence-electron chi connectivity index (χ0n) is 9.88. The summed E-state index contributed by atoms with van der Waals surface area (Å²) >= 11 is 0. The maximum Gasteiger partial charge on any atom is 0.303 e. The fraction of sp³-hybridized carbons (Fsp3) is 0.667. The summed E-state index contributed by atoms with van der Waals surface area (Å²) in [6.07, 6.45) is 4.71. The number of hydrogen-bond acceptors (Lipinski definition) is 4. The highest BCUT2D eigenvalue weighted by Crippen LogP contribution is 2.20. The van der Waals surface area contributed by atoms with Crippen molar-refractivity contribution >= 4 is 12.3 Å². The van der Waals surface area contributed by atoms with Crippen LogP contribution in [0, 0.1) is 5.92 Å². The van der Waals surface area contributed by atoms with Crippen LogP contribution >= 0.6 is 0 Å². The van der Waals surface area contributed by atoms with Crippen molar-refractivity contribution in [2.45, 2.75) is 45.5 Å². The van der Waals surface area contributed by atoms with Gasteiger partial charge >= 0.3 is 5.97 Å². The van der Waals surface area contributed by atoms with E-state index in [0.717, 1.165) is 6.29 Å². The van der Waals surface area contributed by atoms with Gasteiger partial charge in [0.15, 0.2) is 0 Å². The number of carbonyl (C=O) groups excluding carboxylic acids is 2. The third kappa shape index (κ3) is 3.77. The van der Waals surface area contributed by atoms with Gasteiger partial charge in [-0.05, 0) is 19.4 Å². The molecule has 0 saturated heterocycles. The molecule has 0 radical (unpaired) electrons. The maximum atomic E-state index is 10.8. The highest BCUT2D eigenvalue weighted by atomic mass is 16.6. The minimum Gasteiger partial charge on any atom is -0.456 e. The van der Waals surface area contributed by atoms with Gasteiger partial charge in [-0.1, -0.05) is 13.0 Å². The lowest BCUT2D eigenvalue weighted by atomic mass is 10.0. The Morgan fingerprint density at radius 3 is 2.75 bits per heavy atom. The van der Waals surface area contributed by atoms with E-state index in [9.17, 15) is 9.59 Å². The van der Waals surface area contributed by atoms with Gasteiger partial charge in [0.05, 0.1) is 12.2 Å². The van der Waals surface area contributed by atoms with E-state index in [-0.39, 0.29) is 30.2 Å². The Hall–Kier alpha value is -1.16. The average molecular weight is 226 g/mol. The lowest BCUT2D eigenvalue weighted by molar-refractivity contribution is -0.153. The fourth-order valence-electron chi connectivity index (χ4n) is 1.67. The normalized spacial score (nSPS) is 30.8. The number of aldehydes is 1. The molecule has 0 bridgehead atoms. The molecular weight excluding hydrogens is 208 g/mol. The summed E-state index contributed by atoms with van der Waals surface area (Å²) in [5.74, 6) is -0.336. The van der Waals surface area contributed by atoms with Crippen LogP contribution in [0.25, 0.3) is 0 Å². The van der Waals surface area contributed by atoms with Gasteiger partial charge in [0.1, 0.15) is 12.4 Å². The van der Waals surface area contributed by atoms with Crippen molar-refractivity contribution in [1.82, 2.24) is 0 Å². The minimum atomic E-state index is -0.319. The van der Waals surface area contributed by atoms with Crippen LogP contribution in [0.4, 0.5) is 0 Å². The number of rotatable bonds is 4. The summed E-state index contributed by atoms with van der Waals surface area (Å²) in [6, 6.07) is 0. The summed E-state index contributed by atoms with van der Waals surface area (Å²) in [7, 11) is 0. The Labute approximate surface area is 95.6 Å². The van der Waals surface area contributed by atoms with Crippen LogP contribution in [0.1, 0.15) is 27.2 Å². The van der Waals surface area contributed by atoms with Crippen LogP contribution in [-0.2, 0) is 19.1 Å². The first kappa shape index (κ1) is 12.9. The predicted molar refractivity (Wildman–Crippen MR) is 58.9 cm³/mol. The van der Waals surface area contributed by atoms with Crippen LogP contribution < -0.4 is 0 Å². The number of esters is 1. The number of hydrogen-bond donors (Lipinski definition) is 0. The molecule has 1 heterocycles. The largest absolute Gasteiger partial charge is 0.456 e. The molecule has 0 aliphatic carbocycles. The quantitative estimate of drug-likeness (QED) is 0.414. The Bertz CT molecular complexity index is 285. The van der Waals surface area contributed by atoms with E-state index in [1.54, 1.807) is 0 Å². The molecule has 0 aromatic carbocycles. The second-order valence-corrected chi connectivity index (χ2v) is 4.19. The van der Waals surface area contributed by atoms with Gasteiger partial charge in [-0.2, -0.15) is 0 Å².